The summed E-state index contributed by atoms with van der Waals surface area (Å²) in [6.07, 6.45) is 0.723. The minimum absolute atomic E-state index is 0.0437. The average Bonchev–Trinajstić information content (AvgIpc) is 2.80. The number of nitrogens with zero attached hydrogens (tertiary/aromatic N) is 2. The molecule has 2 heterocycles. The minimum Gasteiger partial charge on any atom is -0.379 e. The van der Waals surface area contributed by atoms with E-state index in [1.165, 1.54) is 16.1 Å². The molecular weight excluding hydrogens is 350 g/mol. The summed E-state index contributed by atoms with van der Waals surface area (Å²) in [5.74, 6) is 0.0864. The Morgan fingerprint density at radius 2 is 2.00 bits per heavy atom. The first-order valence-electron chi connectivity index (χ1n) is 7.72. The molecule has 1 atom stereocenters. The summed E-state index contributed by atoms with van der Waals surface area (Å²) in [5.41, 5.74) is 0.505. The number of hydrogen-bond donors (Lipinski definition) is 1. The van der Waals surface area contributed by atoms with Crippen molar-refractivity contribution in [1.82, 2.24) is 9.21 Å². The zero-order valence-corrected chi connectivity index (χ0v) is 15.3. The molecule has 0 bridgehead atoms. The molecule has 3 rings (SSSR count). The van der Waals surface area contributed by atoms with Crippen molar-refractivity contribution >= 4 is 33.6 Å². The lowest BCUT2D eigenvalue weighted by atomic mass is 10.2. The van der Waals surface area contributed by atoms with Gasteiger partial charge in [-0.2, -0.15) is 12.7 Å². The molecule has 1 aromatic rings. The van der Waals surface area contributed by atoms with Gasteiger partial charge in [0.1, 0.15) is 0 Å². The largest absolute Gasteiger partial charge is 0.379 e. The second-order valence-electron chi connectivity index (χ2n) is 5.93. The Balaban J connectivity index is 1.72. The van der Waals surface area contributed by atoms with Crippen molar-refractivity contribution in [1.29, 1.82) is 0 Å². The van der Waals surface area contributed by atoms with Gasteiger partial charge in [0, 0.05) is 38.7 Å². The van der Waals surface area contributed by atoms with Crippen LogP contribution in [0, 0.1) is 0 Å². The second-order valence-corrected chi connectivity index (χ2v) is 8.85. The van der Waals surface area contributed by atoms with Crippen LogP contribution in [0.15, 0.2) is 29.2 Å². The molecule has 132 valence electrons. The molecule has 1 N–H and O–H groups in total. The molecule has 2 aliphatic rings. The molecular formula is C15H21N3O4S2. The van der Waals surface area contributed by atoms with Crippen LogP contribution in [0.5, 0.6) is 0 Å². The highest BCUT2D eigenvalue weighted by molar-refractivity contribution is 8.01. The van der Waals surface area contributed by atoms with Crippen LogP contribution in [-0.2, 0) is 19.7 Å². The van der Waals surface area contributed by atoms with Crippen LogP contribution in [0.2, 0.25) is 0 Å². The number of para-hydroxylation sites is 1. The number of rotatable bonds is 6. The molecule has 0 aliphatic carbocycles. The third kappa shape index (κ3) is 3.53. The Bertz CT molecular complexity index is 719. The number of methoxy groups -OCH3 is 1. The fourth-order valence-electron chi connectivity index (χ4n) is 2.66. The zero-order chi connectivity index (χ0) is 17.3. The Kier molecular flexibility index (Phi) is 5.05. The van der Waals surface area contributed by atoms with Crippen LogP contribution in [0.25, 0.3) is 0 Å². The summed E-state index contributed by atoms with van der Waals surface area (Å²) in [6, 6.07) is 7.17. The predicted octanol–water partition coefficient (Wildman–Crippen LogP) is 0.997. The molecule has 2 aliphatic heterocycles. The number of nitrogens with one attached hydrogen (secondary N) is 1. The molecule has 1 aromatic carbocycles. The Hall–Kier alpha value is -1.29. The van der Waals surface area contributed by atoms with Gasteiger partial charge in [0.25, 0.3) is 0 Å². The molecule has 9 heteroatoms. The molecule has 24 heavy (non-hydrogen) atoms. The summed E-state index contributed by atoms with van der Waals surface area (Å²) < 4.78 is 33.9. The van der Waals surface area contributed by atoms with Crippen LogP contribution in [0.3, 0.4) is 0 Å². The summed E-state index contributed by atoms with van der Waals surface area (Å²) in [7, 11) is -0.247. The molecule has 1 amide bonds. The lowest BCUT2D eigenvalue weighted by Gasteiger charge is -2.36. The molecule has 2 saturated heterocycles. The summed E-state index contributed by atoms with van der Waals surface area (Å²) in [4.78, 5) is 14.5. The number of thioether (sulfide) groups is 1. The quantitative estimate of drug-likeness (QED) is 0.807. The number of hydrogen-bond acceptors (Lipinski definition) is 5. The van der Waals surface area contributed by atoms with Crippen LogP contribution in [0.4, 0.5) is 5.69 Å². The first kappa shape index (κ1) is 17.5. The summed E-state index contributed by atoms with van der Waals surface area (Å²) in [6.45, 7) is 1.44. The zero-order valence-electron chi connectivity index (χ0n) is 13.6. The second kappa shape index (κ2) is 6.91. The van der Waals surface area contributed by atoms with Gasteiger partial charge in [-0.25, -0.2) is 0 Å². The van der Waals surface area contributed by atoms with Gasteiger partial charge in [-0.3, -0.25) is 9.52 Å². The highest BCUT2D eigenvalue weighted by Crippen LogP contribution is 2.35. The smallest absolute Gasteiger partial charge is 0.301 e. The van der Waals surface area contributed by atoms with Gasteiger partial charge in [0.05, 0.1) is 17.0 Å². The fraction of sp³-hybridized carbons (Fsp3) is 0.533. The van der Waals surface area contributed by atoms with Crippen molar-refractivity contribution in [2.75, 3.05) is 38.5 Å². The van der Waals surface area contributed by atoms with Gasteiger partial charge in [0.15, 0.2) is 0 Å². The van der Waals surface area contributed by atoms with E-state index in [0.29, 0.717) is 18.8 Å². The fourth-order valence-corrected chi connectivity index (χ4v) is 5.24. The van der Waals surface area contributed by atoms with Gasteiger partial charge >= 0.3 is 10.2 Å². The summed E-state index contributed by atoms with van der Waals surface area (Å²) in [5, 5.41) is -0.164. The van der Waals surface area contributed by atoms with Crippen molar-refractivity contribution in [2.24, 2.45) is 0 Å². The van der Waals surface area contributed by atoms with E-state index < -0.39 is 10.2 Å². The number of anilines is 1. The van der Waals surface area contributed by atoms with Crippen LogP contribution in [-0.4, -0.2) is 68.7 Å². The molecule has 0 saturated carbocycles. The van der Waals surface area contributed by atoms with Crippen molar-refractivity contribution in [2.45, 2.75) is 22.7 Å². The van der Waals surface area contributed by atoms with E-state index in [9.17, 15) is 13.2 Å². The maximum absolute atomic E-state index is 12.4. The van der Waals surface area contributed by atoms with E-state index in [1.807, 2.05) is 12.1 Å². The summed E-state index contributed by atoms with van der Waals surface area (Å²) >= 11 is 1.41. The monoisotopic (exact) mass is 371 g/mol. The van der Waals surface area contributed by atoms with Crippen LogP contribution < -0.4 is 4.72 Å². The SMILES string of the molecule is COC1CN(S(=O)(=O)Nc2ccccc2SC2CCN(C)C2=O)C1. The van der Waals surface area contributed by atoms with E-state index >= 15 is 0 Å². The maximum Gasteiger partial charge on any atom is 0.301 e. The third-order valence-corrected chi connectivity index (χ3v) is 7.05. The molecule has 0 radical (unpaired) electrons. The minimum atomic E-state index is -3.61. The van der Waals surface area contributed by atoms with Crippen LogP contribution in [0.1, 0.15) is 6.42 Å². The number of carbonyl (C=O) groups excluding carboxylic acids is 1. The topological polar surface area (TPSA) is 79.0 Å². The van der Waals surface area contributed by atoms with Gasteiger partial charge in [-0.15, -0.1) is 11.8 Å². The average molecular weight is 371 g/mol. The molecule has 1 unspecified atom stereocenters. The number of benzene rings is 1. The van der Waals surface area contributed by atoms with E-state index in [2.05, 4.69) is 4.72 Å². The van der Waals surface area contributed by atoms with Crippen molar-refractivity contribution < 1.29 is 17.9 Å². The number of amides is 1. The van der Waals surface area contributed by atoms with E-state index in [1.54, 1.807) is 31.2 Å². The Labute approximate surface area is 146 Å². The van der Waals surface area contributed by atoms with Crippen molar-refractivity contribution in [3.63, 3.8) is 0 Å². The first-order valence-corrected chi connectivity index (χ1v) is 10.0. The van der Waals surface area contributed by atoms with Gasteiger partial charge in [-0.1, -0.05) is 12.1 Å². The highest BCUT2D eigenvalue weighted by Gasteiger charge is 2.36. The lowest BCUT2D eigenvalue weighted by Crippen LogP contribution is -2.55. The number of likely N-dealkylation sites (tertiary alicyclic amines) is 1. The molecule has 2 fully saturated rings. The molecule has 0 spiro atoms. The standard InChI is InChI=1S/C15H21N3O4S2/c1-17-8-7-14(15(17)19)23-13-6-4-3-5-12(13)16-24(20,21)18-9-11(10-18)22-2/h3-6,11,14,16H,7-10H2,1-2H3. The van der Waals surface area contributed by atoms with Gasteiger partial charge in [-0.05, 0) is 18.6 Å². The maximum atomic E-state index is 12.4. The van der Waals surface area contributed by atoms with Crippen molar-refractivity contribution in [3.8, 4) is 0 Å². The van der Waals surface area contributed by atoms with Crippen LogP contribution >= 0.6 is 11.8 Å². The van der Waals surface area contributed by atoms with Crippen molar-refractivity contribution in [3.05, 3.63) is 24.3 Å². The third-order valence-electron chi connectivity index (χ3n) is 4.26. The van der Waals surface area contributed by atoms with E-state index in [-0.39, 0.29) is 17.3 Å². The number of ether oxygens (including phenoxy) is 1. The number of carbonyl (C=O) groups is 1. The van der Waals surface area contributed by atoms with E-state index in [4.69, 9.17) is 4.74 Å². The highest BCUT2D eigenvalue weighted by atomic mass is 32.2. The Morgan fingerprint density at radius 1 is 1.29 bits per heavy atom. The normalized spacial score (nSPS) is 22.7. The Morgan fingerprint density at radius 3 is 2.62 bits per heavy atom. The lowest BCUT2D eigenvalue weighted by molar-refractivity contribution is -0.126. The molecule has 0 aromatic heterocycles. The van der Waals surface area contributed by atoms with E-state index in [0.717, 1.165) is 17.9 Å². The first-order chi connectivity index (χ1) is 11.4. The van der Waals surface area contributed by atoms with Gasteiger partial charge in [0.2, 0.25) is 5.91 Å². The molecule has 7 nitrogen and oxygen atoms in total. The van der Waals surface area contributed by atoms with Gasteiger partial charge < -0.3 is 9.64 Å². The predicted molar refractivity (Wildman–Crippen MR) is 93.3 cm³/mol.